The number of aromatic nitrogens is 1. The minimum Gasteiger partial charge on any atom is -0.480 e. The molecule has 9 heteroatoms. The first-order valence-electron chi connectivity index (χ1n) is 6.42. The smallest absolute Gasteiger partial charge is 0.322 e. The predicted molar refractivity (Wildman–Crippen MR) is 77.8 cm³/mol. The van der Waals surface area contributed by atoms with Crippen molar-refractivity contribution in [2.45, 2.75) is 0 Å². The lowest BCUT2D eigenvalue weighted by molar-refractivity contribution is 0.184. The van der Waals surface area contributed by atoms with Crippen molar-refractivity contribution in [2.75, 3.05) is 44.9 Å². The van der Waals surface area contributed by atoms with E-state index in [0.29, 0.717) is 37.7 Å². The van der Waals surface area contributed by atoms with Crippen molar-refractivity contribution in [3.8, 4) is 5.88 Å². The van der Waals surface area contributed by atoms with Gasteiger partial charge in [-0.2, -0.15) is 4.31 Å². The number of carbonyl (C=O) groups is 1. The van der Waals surface area contributed by atoms with Crippen molar-refractivity contribution in [3.63, 3.8) is 0 Å². The van der Waals surface area contributed by atoms with Gasteiger partial charge in [0, 0.05) is 32.4 Å². The lowest BCUT2D eigenvalue weighted by Crippen LogP contribution is -2.51. The molecule has 0 unspecified atom stereocenters. The molecule has 0 atom stereocenters. The summed E-state index contributed by atoms with van der Waals surface area (Å²) < 4.78 is 29.3. The van der Waals surface area contributed by atoms with E-state index in [0.717, 1.165) is 0 Å². The number of ether oxygens (including phenoxy) is 1. The van der Waals surface area contributed by atoms with Crippen molar-refractivity contribution >= 4 is 21.7 Å². The summed E-state index contributed by atoms with van der Waals surface area (Å²) in [5.41, 5.74) is 0.482. The van der Waals surface area contributed by atoms with Crippen molar-refractivity contribution in [2.24, 2.45) is 0 Å². The average molecular weight is 314 g/mol. The molecule has 0 spiro atoms. The Balaban J connectivity index is 1.97. The van der Waals surface area contributed by atoms with Crippen LogP contribution < -0.4 is 10.1 Å². The van der Waals surface area contributed by atoms with Gasteiger partial charge in [0.05, 0.1) is 13.4 Å². The number of methoxy groups -OCH3 is 1. The summed E-state index contributed by atoms with van der Waals surface area (Å²) in [4.78, 5) is 17.7. The molecule has 2 heterocycles. The van der Waals surface area contributed by atoms with Gasteiger partial charge in [0.15, 0.2) is 0 Å². The maximum absolute atomic E-state index is 12.2. The molecule has 1 aromatic rings. The molecule has 1 saturated heterocycles. The van der Waals surface area contributed by atoms with E-state index in [4.69, 9.17) is 4.74 Å². The Morgan fingerprint density at radius 3 is 2.57 bits per heavy atom. The van der Waals surface area contributed by atoms with Crippen LogP contribution in [0.2, 0.25) is 0 Å². The van der Waals surface area contributed by atoms with Gasteiger partial charge >= 0.3 is 6.03 Å². The summed E-state index contributed by atoms with van der Waals surface area (Å²) in [6.45, 7) is 1.30. The van der Waals surface area contributed by atoms with E-state index in [1.807, 2.05) is 0 Å². The first kappa shape index (κ1) is 15.5. The fraction of sp³-hybridized carbons (Fsp3) is 0.500. The highest BCUT2D eigenvalue weighted by Gasteiger charge is 2.26. The maximum atomic E-state index is 12.2. The fourth-order valence-electron chi connectivity index (χ4n) is 2.07. The summed E-state index contributed by atoms with van der Waals surface area (Å²) in [6.07, 6.45) is 2.74. The molecule has 21 heavy (non-hydrogen) atoms. The van der Waals surface area contributed by atoms with E-state index in [9.17, 15) is 13.2 Å². The molecule has 0 radical (unpaired) electrons. The minimum atomic E-state index is -3.20. The monoisotopic (exact) mass is 314 g/mol. The summed E-state index contributed by atoms with van der Waals surface area (Å²) in [5.74, 6) is 0.334. The van der Waals surface area contributed by atoms with E-state index in [-0.39, 0.29) is 6.03 Å². The molecule has 1 N–H and O–H groups in total. The zero-order valence-corrected chi connectivity index (χ0v) is 12.8. The number of hydrogen-bond donors (Lipinski definition) is 1. The molecule has 2 amide bonds. The molecule has 0 bridgehead atoms. The van der Waals surface area contributed by atoms with Crippen LogP contribution >= 0.6 is 0 Å². The first-order valence-corrected chi connectivity index (χ1v) is 8.26. The molecule has 1 aliphatic heterocycles. The highest BCUT2D eigenvalue weighted by molar-refractivity contribution is 7.88. The minimum absolute atomic E-state index is 0.297. The molecular weight excluding hydrogens is 296 g/mol. The van der Waals surface area contributed by atoms with E-state index < -0.39 is 10.0 Å². The van der Waals surface area contributed by atoms with Crippen LogP contribution in [0.3, 0.4) is 0 Å². The highest BCUT2D eigenvalue weighted by atomic mass is 32.2. The van der Waals surface area contributed by atoms with E-state index in [2.05, 4.69) is 10.3 Å². The Hall–Kier alpha value is -1.87. The van der Waals surface area contributed by atoms with Gasteiger partial charge in [-0.3, -0.25) is 0 Å². The highest BCUT2D eigenvalue weighted by Crippen LogP contribution is 2.20. The van der Waals surface area contributed by atoms with Gasteiger partial charge in [0.25, 0.3) is 0 Å². The lowest BCUT2D eigenvalue weighted by atomic mass is 10.3. The SMILES string of the molecule is COc1ncccc1NC(=O)N1CCN(S(C)(=O)=O)CC1. The topological polar surface area (TPSA) is 91.8 Å². The number of nitrogens with zero attached hydrogens (tertiary/aromatic N) is 3. The molecule has 1 aliphatic rings. The number of hydrogen-bond acceptors (Lipinski definition) is 5. The van der Waals surface area contributed by atoms with Crippen molar-refractivity contribution in [3.05, 3.63) is 18.3 Å². The van der Waals surface area contributed by atoms with Crippen LogP contribution in [0.5, 0.6) is 5.88 Å². The second-order valence-electron chi connectivity index (χ2n) is 4.64. The molecule has 1 fully saturated rings. The summed E-state index contributed by atoms with van der Waals surface area (Å²) >= 11 is 0. The molecular formula is C12H18N4O4S. The number of carbonyl (C=O) groups excluding carboxylic acids is 1. The Morgan fingerprint density at radius 1 is 1.33 bits per heavy atom. The van der Waals surface area contributed by atoms with Gasteiger partial charge in [0.2, 0.25) is 15.9 Å². The Morgan fingerprint density at radius 2 is 2.00 bits per heavy atom. The lowest BCUT2D eigenvalue weighted by Gasteiger charge is -2.33. The number of amides is 2. The number of rotatable bonds is 3. The summed E-state index contributed by atoms with van der Waals surface area (Å²) in [6, 6.07) is 3.09. The van der Waals surface area contributed by atoms with E-state index in [1.54, 1.807) is 23.2 Å². The van der Waals surface area contributed by atoms with Crippen molar-refractivity contribution in [1.82, 2.24) is 14.2 Å². The number of piperazine rings is 1. The normalized spacial score (nSPS) is 16.6. The summed E-state index contributed by atoms with van der Waals surface area (Å²) in [5, 5.41) is 2.72. The molecule has 8 nitrogen and oxygen atoms in total. The van der Waals surface area contributed by atoms with E-state index in [1.165, 1.54) is 17.7 Å². The first-order chi connectivity index (χ1) is 9.91. The second-order valence-corrected chi connectivity index (χ2v) is 6.62. The molecule has 2 rings (SSSR count). The van der Waals surface area contributed by atoms with Gasteiger partial charge < -0.3 is 15.0 Å². The Labute approximate surface area is 123 Å². The van der Waals surface area contributed by atoms with Crippen LogP contribution in [0, 0.1) is 0 Å². The molecule has 0 aromatic carbocycles. The predicted octanol–water partition coefficient (Wildman–Crippen LogP) is 0.199. The van der Waals surface area contributed by atoms with Crippen LogP contribution in [0.4, 0.5) is 10.5 Å². The molecule has 0 aliphatic carbocycles. The van der Waals surface area contributed by atoms with Gasteiger partial charge in [-0.15, -0.1) is 0 Å². The third-order valence-electron chi connectivity index (χ3n) is 3.20. The van der Waals surface area contributed by atoms with Crippen LogP contribution in [-0.2, 0) is 10.0 Å². The Kier molecular flexibility index (Phi) is 4.63. The van der Waals surface area contributed by atoms with Crippen LogP contribution in [-0.4, -0.2) is 68.2 Å². The standard InChI is InChI=1S/C12H18N4O4S/c1-20-11-10(4-3-5-13-11)14-12(17)15-6-8-16(9-7-15)21(2,18)19/h3-5H,6-9H2,1-2H3,(H,14,17). The van der Waals surface area contributed by atoms with Crippen molar-refractivity contribution in [1.29, 1.82) is 0 Å². The van der Waals surface area contributed by atoms with Crippen LogP contribution in [0.15, 0.2) is 18.3 Å². The zero-order chi connectivity index (χ0) is 15.5. The number of urea groups is 1. The molecule has 0 saturated carbocycles. The number of pyridine rings is 1. The molecule has 116 valence electrons. The zero-order valence-electron chi connectivity index (χ0n) is 11.9. The fourth-order valence-corrected chi connectivity index (χ4v) is 2.89. The largest absolute Gasteiger partial charge is 0.480 e. The third kappa shape index (κ3) is 3.82. The van der Waals surface area contributed by atoms with Gasteiger partial charge in [-0.05, 0) is 12.1 Å². The molecule has 1 aromatic heterocycles. The second kappa shape index (κ2) is 6.27. The van der Waals surface area contributed by atoms with Gasteiger partial charge in [0.1, 0.15) is 5.69 Å². The van der Waals surface area contributed by atoms with Gasteiger partial charge in [-0.1, -0.05) is 0 Å². The number of nitrogens with one attached hydrogen (secondary N) is 1. The summed E-state index contributed by atoms with van der Waals surface area (Å²) in [7, 11) is -1.72. The third-order valence-corrected chi connectivity index (χ3v) is 4.50. The maximum Gasteiger partial charge on any atom is 0.322 e. The average Bonchev–Trinajstić information content (AvgIpc) is 2.47. The quantitative estimate of drug-likeness (QED) is 0.860. The van der Waals surface area contributed by atoms with E-state index >= 15 is 0 Å². The van der Waals surface area contributed by atoms with Crippen molar-refractivity contribution < 1.29 is 17.9 Å². The van der Waals surface area contributed by atoms with Gasteiger partial charge in [-0.25, -0.2) is 18.2 Å². The Bertz CT molecular complexity index is 611. The van der Waals surface area contributed by atoms with Crippen LogP contribution in [0.1, 0.15) is 0 Å². The number of sulfonamides is 1. The number of anilines is 1. The van der Waals surface area contributed by atoms with Crippen LogP contribution in [0.25, 0.3) is 0 Å².